The van der Waals surface area contributed by atoms with Crippen LogP contribution < -0.4 is 10.6 Å². The number of aliphatic imine (C=N–C) groups is 1. The van der Waals surface area contributed by atoms with Gasteiger partial charge in [0.2, 0.25) is 5.89 Å². The number of halogens is 1. The molecule has 0 bridgehead atoms. The second-order valence-corrected chi connectivity index (χ2v) is 8.15. The fourth-order valence-electron chi connectivity index (χ4n) is 2.04. The van der Waals surface area contributed by atoms with Gasteiger partial charge in [0.25, 0.3) is 0 Å². The number of hydrogen-bond acceptors (Lipinski definition) is 3. The average molecular weight is 450 g/mol. The normalized spacial score (nSPS) is 12.7. The molecule has 0 aromatic carbocycles. The molecule has 0 spiro atoms. The van der Waals surface area contributed by atoms with Crippen LogP contribution in [0.1, 0.15) is 73.0 Å². The smallest absolute Gasteiger partial charge is 0.216 e. The van der Waals surface area contributed by atoms with Crippen LogP contribution >= 0.6 is 24.0 Å². The second kappa shape index (κ2) is 10.3. The number of rotatable bonds is 6. The molecule has 0 saturated heterocycles. The van der Waals surface area contributed by atoms with Crippen molar-refractivity contribution in [3.63, 3.8) is 0 Å². The fourth-order valence-corrected chi connectivity index (χ4v) is 2.04. The molecule has 0 aliphatic rings. The first-order valence-electron chi connectivity index (χ1n) is 8.59. The maximum Gasteiger partial charge on any atom is 0.216 e. The van der Waals surface area contributed by atoms with E-state index in [0.717, 1.165) is 31.2 Å². The van der Waals surface area contributed by atoms with Gasteiger partial charge in [0.1, 0.15) is 12.3 Å². The largest absolute Gasteiger partial charge is 0.443 e. The molecule has 0 aliphatic carbocycles. The molecule has 2 N–H and O–H groups in total. The van der Waals surface area contributed by atoms with Crippen molar-refractivity contribution in [1.82, 2.24) is 15.6 Å². The van der Waals surface area contributed by atoms with Gasteiger partial charge >= 0.3 is 0 Å². The Morgan fingerprint density at radius 3 is 2.33 bits per heavy atom. The van der Waals surface area contributed by atoms with Crippen molar-refractivity contribution in [2.45, 2.75) is 73.3 Å². The Hall–Kier alpha value is -0.790. The van der Waals surface area contributed by atoms with E-state index in [9.17, 15) is 0 Å². The molecular weight excluding hydrogens is 415 g/mol. The molecule has 140 valence electrons. The third kappa shape index (κ3) is 9.49. The van der Waals surface area contributed by atoms with Gasteiger partial charge in [0.15, 0.2) is 5.96 Å². The molecule has 0 radical (unpaired) electrons. The van der Waals surface area contributed by atoms with Crippen molar-refractivity contribution in [3.05, 3.63) is 17.8 Å². The summed E-state index contributed by atoms with van der Waals surface area (Å²) in [7, 11) is 0. The molecule has 6 heteroatoms. The van der Waals surface area contributed by atoms with Gasteiger partial charge in [-0.05, 0) is 25.2 Å². The maximum absolute atomic E-state index is 5.77. The van der Waals surface area contributed by atoms with Crippen molar-refractivity contribution < 1.29 is 4.42 Å². The number of oxazole rings is 1. The van der Waals surface area contributed by atoms with Crippen LogP contribution in [0.4, 0.5) is 0 Å². The summed E-state index contributed by atoms with van der Waals surface area (Å²) < 4.78 is 5.77. The summed E-state index contributed by atoms with van der Waals surface area (Å²) in [6, 6.07) is 0. The van der Waals surface area contributed by atoms with Crippen LogP contribution in [0.3, 0.4) is 0 Å². The minimum atomic E-state index is -0.0231. The van der Waals surface area contributed by atoms with E-state index in [1.165, 1.54) is 6.42 Å². The van der Waals surface area contributed by atoms with Crippen LogP contribution in [0.25, 0.3) is 0 Å². The van der Waals surface area contributed by atoms with Crippen LogP contribution in [-0.2, 0) is 12.0 Å². The Labute approximate surface area is 164 Å². The highest BCUT2D eigenvalue weighted by atomic mass is 127. The molecule has 0 amide bonds. The van der Waals surface area contributed by atoms with E-state index in [-0.39, 0.29) is 29.4 Å². The van der Waals surface area contributed by atoms with Crippen LogP contribution in [-0.4, -0.2) is 24.0 Å². The Morgan fingerprint density at radius 2 is 1.83 bits per heavy atom. The number of nitrogens with one attached hydrogen (secondary N) is 2. The molecule has 24 heavy (non-hydrogen) atoms. The van der Waals surface area contributed by atoms with E-state index in [2.05, 4.69) is 69.1 Å². The van der Waals surface area contributed by atoms with Crippen LogP contribution in [0.2, 0.25) is 0 Å². The van der Waals surface area contributed by atoms with Gasteiger partial charge in [-0.2, -0.15) is 0 Å². The maximum atomic E-state index is 5.77. The predicted molar refractivity (Wildman–Crippen MR) is 112 cm³/mol. The molecule has 1 aromatic heterocycles. The van der Waals surface area contributed by atoms with Gasteiger partial charge in [0, 0.05) is 18.5 Å². The van der Waals surface area contributed by atoms with E-state index >= 15 is 0 Å². The van der Waals surface area contributed by atoms with Crippen LogP contribution in [0.5, 0.6) is 0 Å². The molecule has 0 saturated carbocycles. The zero-order chi connectivity index (χ0) is 17.5. The number of hydrogen-bond donors (Lipinski definition) is 2. The summed E-state index contributed by atoms with van der Waals surface area (Å²) in [5.74, 6) is 2.37. The minimum absolute atomic E-state index is 0. The number of nitrogens with zero attached hydrogens (tertiary/aromatic N) is 2. The highest BCUT2D eigenvalue weighted by molar-refractivity contribution is 14.0. The zero-order valence-corrected chi connectivity index (χ0v) is 18.7. The molecule has 1 rings (SSSR count). The van der Waals surface area contributed by atoms with Crippen molar-refractivity contribution >= 4 is 29.9 Å². The van der Waals surface area contributed by atoms with Crippen molar-refractivity contribution in [2.75, 3.05) is 13.1 Å². The summed E-state index contributed by atoms with van der Waals surface area (Å²) in [6.07, 6.45) is 4.11. The molecular formula is C18H35IN4O. The summed E-state index contributed by atoms with van der Waals surface area (Å²) in [4.78, 5) is 8.87. The van der Waals surface area contributed by atoms with Crippen molar-refractivity contribution in [3.8, 4) is 0 Å². The van der Waals surface area contributed by atoms with Crippen molar-refractivity contribution in [2.24, 2.45) is 10.4 Å². The average Bonchev–Trinajstić information content (AvgIpc) is 2.88. The lowest BCUT2D eigenvalue weighted by molar-refractivity contribution is 0.365. The van der Waals surface area contributed by atoms with E-state index in [1.807, 2.05) is 0 Å². The molecule has 0 fully saturated rings. The lowest BCUT2D eigenvalue weighted by atomic mass is 9.91. The molecule has 0 unspecified atom stereocenters. The van der Waals surface area contributed by atoms with E-state index < -0.39 is 0 Å². The third-order valence-corrected chi connectivity index (χ3v) is 3.41. The first kappa shape index (κ1) is 23.2. The first-order valence-corrected chi connectivity index (χ1v) is 8.59. The van der Waals surface area contributed by atoms with Gasteiger partial charge < -0.3 is 15.1 Å². The summed E-state index contributed by atoms with van der Waals surface area (Å²) in [6.45, 7) is 17.4. The molecule has 0 aliphatic heterocycles. The Morgan fingerprint density at radius 1 is 1.17 bits per heavy atom. The van der Waals surface area contributed by atoms with Crippen molar-refractivity contribution in [1.29, 1.82) is 0 Å². The standard InChI is InChI=1S/C18H34N4O.HI/c1-8-19-16(20-11-9-10-17(2,3)4)22-13-15-21-12-14(23-15)18(5,6)7;/h12H,8-11,13H2,1-7H3,(H2,19,20,22);1H. The van der Waals surface area contributed by atoms with Gasteiger partial charge in [-0.25, -0.2) is 9.98 Å². The Balaban J connectivity index is 0.00000529. The molecule has 0 atom stereocenters. The summed E-state index contributed by atoms with van der Waals surface area (Å²) in [5.41, 5.74) is 0.350. The molecule has 1 heterocycles. The highest BCUT2D eigenvalue weighted by Crippen LogP contribution is 2.22. The van der Waals surface area contributed by atoms with Gasteiger partial charge in [-0.3, -0.25) is 0 Å². The topological polar surface area (TPSA) is 62.5 Å². The zero-order valence-electron chi connectivity index (χ0n) is 16.3. The summed E-state index contributed by atoms with van der Waals surface area (Å²) >= 11 is 0. The van der Waals surface area contributed by atoms with E-state index in [4.69, 9.17) is 4.42 Å². The van der Waals surface area contributed by atoms with Gasteiger partial charge in [-0.1, -0.05) is 41.5 Å². The summed E-state index contributed by atoms with van der Waals surface area (Å²) in [5, 5.41) is 6.63. The number of aromatic nitrogens is 1. The van der Waals surface area contributed by atoms with E-state index in [0.29, 0.717) is 17.9 Å². The van der Waals surface area contributed by atoms with Gasteiger partial charge in [-0.15, -0.1) is 24.0 Å². The lowest BCUT2D eigenvalue weighted by Crippen LogP contribution is -2.38. The SMILES string of the molecule is CCNC(=NCc1ncc(C(C)(C)C)o1)NCCCC(C)(C)C.I. The Bertz CT molecular complexity index is 498. The highest BCUT2D eigenvalue weighted by Gasteiger charge is 2.19. The quantitative estimate of drug-likeness (QED) is 0.291. The first-order chi connectivity index (χ1) is 10.6. The third-order valence-electron chi connectivity index (χ3n) is 3.41. The molecule has 1 aromatic rings. The lowest BCUT2D eigenvalue weighted by Gasteiger charge is -2.18. The van der Waals surface area contributed by atoms with Gasteiger partial charge in [0.05, 0.1) is 6.20 Å². The Kier molecular flexibility index (Phi) is 9.92. The number of guanidine groups is 1. The van der Waals surface area contributed by atoms with Crippen LogP contribution in [0.15, 0.2) is 15.6 Å². The second-order valence-electron chi connectivity index (χ2n) is 8.15. The monoisotopic (exact) mass is 450 g/mol. The predicted octanol–water partition coefficient (Wildman–Crippen LogP) is 4.47. The molecule has 5 nitrogen and oxygen atoms in total. The van der Waals surface area contributed by atoms with E-state index in [1.54, 1.807) is 6.20 Å². The van der Waals surface area contributed by atoms with Crippen LogP contribution in [0, 0.1) is 5.41 Å². The minimum Gasteiger partial charge on any atom is -0.443 e. The fraction of sp³-hybridized carbons (Fsp3) is 0.778.